The minimum Gasteiger partial charge on any atom is -0.493 e. The van der Waals surface area contributed by atoms with Crippen LogP contribution >= 0.6 is 0 Å². The molecular formula is C30H28FN3O5. The fourth-order valence-corrected chi connectivity index (χ4v) is 5.34. The zero-order valence-corrected chi connectivity index (χ0v) is 21.8. The molecule has 1 N–H and O–H groups in total. The maximum absolute atomic E-state index is 13.7. The third kappa shape index (κ3) is 4.83. The molecule has 8 nitrogen and oxygen atoms in total. The summed E-state index contributed by atoms with van der Waals surface area (Å²) in [6, 6.07) is 12.8. The van der Waals surface area contributed by atoms with Gasteiger partial charge in [-0.25, -0.2) is 9.37 Å². The van der Waals surface area contributed by atoms with Gasteiger partial charge in [0.25, 0.3) is 0 Å². The van der Waals surface area contributed by atoms with Crippen LogP contribution < -0.4 is 9.47 Å². The van der Waals surface area contributed by atoms with Gasteiger partial charge in [0.1, 0.15) is 11.5 Å². The lowest BCUT2D eigenvalue weighted by Gasteiger charge is -2.36. The highest BCUT2D eigenvalue weighted by atomic mass is 19.1. The van der Waals surface area contributed by atoms with E-state index in [1.54, 1.807) is 42.5 Å². The van der Waals surface area contributed by atoms with E-state index >= 15 is 0 Å². The molecule has 2 aromatic carbocycles. The zero-order valence-electron chi connectivity index (χ0n) is 21.8. The lowest BCUT2D eigenvalue weighted by Crippen LogP contribution is -2.40. The van der Waals surface area contributed by atoms with Crippen LogP contribution in [0.3, 0.4) is 0 Å². The molecule has 3 heterocycles. The molecule has 0 bridgehead atoms. The van der Waals surface area contributed by atoms with E-state index in [0.717, 1.165) is 39.0 Å². The number of fused-ring (bicyclic) bond motifs is 2. The van der Waals surface area contributed by atoms with Gasteiger partial charge in [0.15, 0.2) is 11.5 Å². The Morgan fingerprint density at radius 2 is 1.85 bits per heavy atom. The van der Waals surface area contributed by atoms with Crippen LogP contribution in [-0.2, 0) is 23.1 Å². The van der Waals surface area contributed by atoms with Gasteiger partial charge in [-0.1, -0.05) is 0 Å². The zero-order chi connectivity index (χ0) is 27.7. The predicted octanol–water partition coefficient (Wildman–Crippen LogP) is 5.01. The molecule has 1 atom stereocenters. The third-order valence-electron chi connectivity index (χ3n) is 7.15. The second-order valence-corrected chi connectivity index (χ2v) is 9.34. The van der Waals surface area contributed by atoms with Crippen molar-refractivity contribution in [3.8, 4) is 22.8 Å². The molecule has 1 unspecified atom stereocenters. The van der Waals surface area contributed by atoms with Gasteiger partial charge in [-0.05, 0) is 77.7 Å². The van der Waals surface area contributed by atoms with Gasteiger partial charge in [0, 0.05) is 36.8 Å². The van der Waals surface area contributed by atoms with Crippen molar-refractivity contribution in [1.82, 2.24) is 14.5 Å². The molecule has 0 fully saturated rings. The molecule has 0 saturated heterocycles. The fraction of sp³-hybridized carbons (Fsp3) is 0.233. The number of aromatic nitrogens is 2. The van der Waals surface area contributed by atoms with Crippen molar-refractivity contribution in [1.29, 1.82) is 0 Å². The van der Waals surface area contributed by atoms with E-state index in [4.69, 9.17) is 9.47 Å². The predicted molar refractivity (Wildman–Crippen MR) is 145 cm³/mol. The molecule has 9 heteroatoms. The Bertz CT molecular complexity index is 1590. The molecule has 1 aliphatic heterocycles. The van der Waals surface area contributed by atoms with Gasteiger partial charge in [0.05, 0.1) is 32.4 Å². The summed E-state index contributed by atoms with van der Waals surface area (Å²) < 4.78 is 26.4. The van der Waals surface area contributed by atoms with E-state index in [-0.39, 0.29) is 18.1 Å². The maximum atomic E-state index is 13.7. The van der Waals surface area contributed by atoms with Crippen molar-refractivity contribution in [3.63, 3.8) is 0 Å². The van der Waals surface area contributed by atoms with Gasteiger partial charge in [-0.3, -0.25) is 9.59 Å². The molecule has 2 aromatic heterocycles. The lowest BCUT2D eigenvalue weighted by molar-refractivity contribution is -0.140. The monoisotopic (exact) mass is 529 g/mol. The average Bonchev–Trinajstić information content (AvgIpc) is 3.22. The van der Waals surface area contributed by atoms with Crippen LogP contribution in [0.1, 0.15) is 29.2 Å². The number of carboxylic acids is 1. The van der Waals surface area contributed by atoms with E-state index in [0.29, 0.717) is 24.5 Å². The standard InChI is InChI=1S/C30H28FN3O5/c1-33-29(18-6-8-20(31)9-7-18)21(22-5-4-13-32-30(22)33)10-11-27(35)34-14-12-19-15-25(38-2)26(39-3)16-23(19)24(34)17-28(36)37/h4-11,13,15-16,24H,12,14,17H2,1-3H3,(H,36,37)/b11-10+. The number of halogens is 1. The van der Waals surface area contributed by atoms with Crippen LogP contribution in [-0.4, -0.2) is 52.2 Å². The Balaban J connectivity index is 1.55. The van der Waals surface area contributed by atoms with Gasteiger partial charge >= 0.3 is 5.97 Å². The Labute approximate surface area is 224 Å². The summed E-state index contributed by atoms with van der Waals surface area (Å²) in [4.78, 5) is 31.5. The molecule has 200 valence electrons. The second kappa shape index (κ2) is 10.6. The highest BCUT2D eigenvalue weighted by Gasteiger charge is 2.33. The average molecular weight is 530 g/mol. The van der Waals surface area contributed by atoms with Gasteiger partial charge in [-0.15, -0.1) is 0 Å². The number of amides is 1. The molecule has 0 saturated carbocycles. The number of nitrogens with zero attached hydrogens (tertiary/aromatic N) is 3. The number of pyridine rings is 1. The van der Waals surface area contributed by atoms with Crippen molar-refractivity contribution in [3.05, 3.63) is 83.3 Å². The number of ether oxygens (including phenoxy) is 2. The van der Waals surface area contributed by atoms with Crippen LogP contribution in [0, 0.1) is 5.82 Å². The number of methoxy groups -OCH3 is 2. The highest BCUT2D eigenvalue weighted by molar-refractivity contribution is 6.00. The van der Waals surface area contributed by atoms with Crippen molar-refractivity contribution in [2.75, 3.05) is 20.8 Å². The normalized spacial score (nSPS) is 15.0. The van der Waals surface area contributed by atoms with Crippen molar-refractivity contribution < 1.29 is 28.6 Å². The van der Waals surface area contributed by atoms with E-state index < -0.39 is 12.0 Å². The molecule has 1 amide bonds. The molecular weight excluding hydrogens is 501 g/mol. The first-order chi connectivity index (χ1) is 18.8. The molecule has 1 aliphatic rings. The molecule has 39 heavy (non-hydrogen) atoms. The number of hydrogen-bond acceptors (Lipinski definition) is 5. The van der Waals surface area contributed by atoms with Crippen molar-refractivity contribution in [2.24, 2.45) is 7.05 Å². The maximum Gasteiger partial charge on any atom is 0.305 e. The number of carboxylic acid groups (broad SMARTS) is 1. The number of benzene rings is 2. The Kier molecular flexibility index (Phi) is 7.06. The molecule has 5 rings (SSSR count). The summed E-state index contributed by atoms with van der Waals surface area (Å²) in [6.07, 6.45) is 5.19. The highest BCUT2D eigenvalue weighted by Crippen LogP contribution is 2.40. The number of aliphatic carboxylic acids is 1. The Hall–Kier alpha value is -4.66. The molecule has 4 aromatic rings. The number of carbonyl (C=O) groups excluding carboxylic acids is 1. The lowest BCUT2D eigenvalue weighted by atomic mass is 9.90. The summed E-state index contributed by atoms with van der Waals surface area (Å²) >= 11 is 0. The molecule has 0 radical (unpaired) electrons. The van der Waals surface area contributed by atoms with E-state index in [2.05, 4.69) is 4.98 Å². The van der Waals surface area contributed by atoms with E-state index in [9.17, 15) is 19.1 Å². The number of carbonyl (C=O) groups is 2. The first kappa shape index (κ1) is 26.0. The van der Waals surface area contributed by atoms with Crippen molar-refractivity contribution in [2.45, 2.75) is 18.9 Å². The van der Waals surface area contributed by atoms with E-state index in [1.165, 1.54) is 25.3 Å². The SMILES string of the molecule is COc1cc2c(cc1OC)C(CC(=O)O)N(C(=O)/C=C/c1c(-c3ccc(F)cc3)n(C)c3ncccc13)CC2. The summed E-state index contributed by atoms with van der Waals surface area (Å²) in [5.41, 5.74) is 4.70. The summed E-state index contributed by atoms with van der Waals surface area (Å²) in [5, 5.41) is 10.5. The number of rotatable bonds is 7. The fourth-order valence-electron chi connectivity index (χ4n) is 5.34. The third-order valence-corrected chi connectivity index (χ3v) is 7.15. The van der Waals surface area contributed by atoms with Gasteiger partial charge < -0.3 is 24.0 Å². The minimum atomic E-state index is -1.01. The van der Waals surface area contributed by atoms with Crippen LogP contribution in [0.25, 0.3) is 28.4 Å². The summed E-state index contributed by atoms with van der Waals surface area (Å²) in [7, 11) is 4.94. The van der Waals surface area contributed by atoms with Gasteiger partial charge in [-0.2, -0.15) is 0 Å². The first-order valence-electron chi connectivity index (χ1n) is 12.5. The molecule has 0 spiro atoms. The number of aryl methyl sites for hydroxylation is 1. The second-order valence-electron chi connectivity index (χ2n) is 9.34. The Morgan fingerprint density at radius 1 is 1.13 bits per heavy atom. The minimum absolute atomic E-state index is 0.249. The quantitative estimate of drug-likeness (QED) is 0.338. The van der Waals surface area contributed by atoms with Crippen LogP contribution in [0.2, 0.25) is 0 Å². The largest absolute Gasteiger partial charge is 0.493 e. The molecule has 0 aliphatic carbocycles. The summed E-state index contributed by atoms with van der Waals surface area (Å²) in [6.45, 7) is 0.353. The van der Waals surface area contributed by atoms with Crippen LogP contribution in [0.4, 0.5) is 4.39 Å². The number of hydrogen-bond donors (Lipinski definition) is 1. The smallest absolute Gasteiger partial charge is 0.305 e. The van der Waals surface area contributed by atoms with Crippen LogP contribution in [0.15, 0.2) is 60.8 Å². The first-order valence-corrected chi connectivity index (χ1v) is 12.5. The summed E-state index contributed by atoms with van der Waals surface area (Å²) in [5.74, 6) is -0.630. The van der Waals surface area contributed by atoms with Crippen molar-refractivity contribution >= 4 is 29.0 Å². The Morgan fingerprint density at radius 3 is 2.54 bits per heavy atom. The topological polar surface area (TPSA) is 93.9 Å². The van der Waals surface area contributed by atoms with E-state index in [1.807, 2.05) is 29.8 Å². The van der Waals surface area contributed by atoms with Crippen LogP contribution in [0.5, 0.6) is 11.5 Å². The van der Waals surface area contributed by atoms with Gasteiger partial charge in [0.2, 0.25) is 5.91 Å².